The molecule has 1 amide bonds. The van der Waals surface area contributed by atoms with Crippen molar-refractivity contribution in [2.24, 2.45) is 0 Å². The van der Waals surface area contributed by atoms with E-state index < -0.39 is 9.84 Å². The number of rotatable bonds is 5. The Kier molecular flexibility index (Phi) is 5.10. The minimum Gasteiger partial charge on any atom is -0.352 e. The van der Waals surface area contributed by atoms with Crippen LogP contribution in [-0.4, -0.2) is 37.6 Å². The first-order valence-electron chi connectivity index (χ1n) is 6.58. The lowest BCUT2D eigenvalue weighted by molar-refractivity contribution is -0.119. The molecule has 6 heteroatoms. The number of sulfone groups is 1. The Bertz CT molecular complexity index is 584. The number of thioether (sulfide) groups is 1. The molecule has 1 aliphatic heterocycles. The van der Waals surface area contributed by atoms with Gasteiger partial charge in [-0.25, -0.2) is 8.42 Å². The van der Waals surface area contributed by atoms with Crippen LogP contribution in [0.4, 0.5) is 0 Å². The van der Waals surface area contributed by atoms with E-state index in [1.54, 1.807) is 11.8 Å². The molecule has 1 aromatic carbocycles. The summed E-state index contributed by atoms with van der Waals surface area (Å²) in [5, 5.41) is 2.79. The van der Waals surface area contributed by atoms with Gasteiger partial charge in [-0.15, -0.1) is 11.8 Å². The van der Waals surface area contributed by atoms with Crippen molar-refractivity contribution in [3.8, 4) is 0 Å². The highest BCUT2D eigenvalue weighted by atomic mass is 32.2. The van der Waals surface area contributed by atoms with Gasteiger partial charge in [0.05, 0.1) is 17.3 Å². The molecule has 1 aliphatic rings. The lowest BCUT2D eigenvalue weighted by atomic mass is 10.2. The maximum Gasteiger partial charge on any atom is 0.230 e. The van der Waals surface area contributed by atoms with E-state index in [0.29, 0.717) is 12.2 Å². The molecule has 1 saturated heterocycles. The monoisotopic (exact) mass is 313 g/mol. The van der Waals surface area contributed by atoms with Crippen LogP contribution in [0.25, 0.3) is 0 Å². The summed E-state index contributed by atoms with van der Waals surface area (Å²) in [6.45, 7) is 2.04. The summed E-state index contributed by atoms with van der Waals surface area (Å²) in [6, 6.07) is 8.00. The van der Waals surface area contributed by atoms with Crippen molar-refractivity contribution in [2.75, 3.05) is 17.3 Å². The first-order valence-corrected chi connectivity index (χ1v) is 9.55. The van der Waals surface area contributed by atoms with Crippen LogP contribution in [0.3, 0.4) is 0 Å². The van der Waals surface area contributed by atoms with Crippen LogP contribution in [0, 0.1) is 6.92 Å². The summed E-state index contributed by atoms with van der Waals surface area (Å²) in [6.07, 6.45) is 0.538. The molecule has 0 spiro atoms. The topological polar surface area (TPSA) is 63.2 Å². The van der Waals surface area contributed by atoms with Crippen molar-refractivity contribution in [3.05, 3.63) is 35.4 Å². The highest BCUT2D eigenvalue weighted by Crippen LogP contribution is 2.14. The van der Waals surface area contributed by atoms with Crippen LogP contribution in [0.1, 0.15) is 17.5 Å². The third kappa shape index (κ3) is 4.83. The van der Waals surface area contributed by atoms with Gasteiger partial charge in [0.15, 0.2) is 9.84 Å². The predicted octanol–water partition coefficient (Wildman–Crippen LogP) is 1.53. The van der Waals surface area contributed by atoms with Crippen molar-refractivity contribution in [1.82, 2.24) is 5.32 Å². The summed E-state index contributed by atoms with van der Waals surface area (Å²) in [5.41, 5.74) is 2.41. The molecule has 1 fully saturated rings. The molecule has 1 N–H and O–H groups in total. The Balaban J connectivity index is 1.71. The average Bonchev–Trinajstić information content (AvgIpc) is 2.68. The minimum atomic E-state index is -2.93. The van der Waals surface area contributed by atoms with E-state index in [2.05, 4.69) is 11.4 Å². The van der Waals surface area contributed by atoms with Crippen LogP contribution < -0.4 is 5.32 Å². The van der Waals surface area contributed by atoms with Gasteiger partial charge in [-0.3, -0.25) is 4.79 Å². The second-order valence-electron chi connectivity index (χ2n) is 5.15. The summed E-state index contributed by atoms with van der Waals surface area (Å²) < 4.78 is 22.6. The molecule has 20 heavy (non-hydrogen) atoms. The zero-order valence-electron chi connectivity index (χ0n) is 11.5. The number of hydrogen-bond acceptors (Lipinski definition) is 4. The molecule has 0 bridgehead atoms. The Morgan fingerprint density at radius 1 is 1.45 bits per heavy atom. The molecular formula is C14H19NO3S2. The number of carbonyl (C=O) groups is 1. The quantitative estimate of drug-likeness (QED) is 0.895. The van der Waals surface area contributed by atoms with Crippen molar-refractivity contribution >= 4 is 27.5 Å². The molecule has 1 heterocycles. The molecule has 4 nitrogen and oxygen atoms in total. The highest BCUT2D eigenvalue weighted by molar-refractivity contribution is 7.99. The smallest absolute Gasteiger partial charge is 0.230 e. The van der Waals surface area contributed by atoms with Gasteiger partial charge in [-0.1, -0.05) is 29.8 Å². The normalized spacial score (nSPS) is 20.8. The van der Waals surface area contributed by atoms with Crippen LogP contribution in [0.15, 0.2) is 24.3 Å². The molecule has 0 aromatic heterocycles. The lowest BCUT2D eigenvalue weighted by Crippen LogP contribution is -2.36. The fourth-order valence-electron chi connectivity index (χ4n) is 2.24. The van der Waals surface area contributed by atoms with Gasteiger partial charge in [0, 0.05) is 11.8 Å². The van der Waals surface area contributed by atoms with Gasteiger partial charge in [0.25, 0.3) is 0 Å². The molecule has 0 aliphatic carbocycles. The van der Waals surface area contributed by atoms with Crippen molar-refractivity contribution in [1.29, 1.82) is 0 Å². The minimum absolute atomic E-state index is 0.0789. The van der Waals surface area contributed by atoms with Crippen LogP contribution in [0.5, 0.6) is 0 Å². The van der Waals surface area contributed by atoms with Gasteiger partial charge in [-0.2, -0.15) is 0 Å². The molecule has 1 atom stereocenters. The molecular weight excluding hydrogens is 294 g/mol. The van der Waals surface area contributed by atoms with Crippen molar-refractivity contribution < 1.29 is 13.2 Å². The number of carbonyl (C=O) groups excluding carboxylic acids is 1. The van der Waals surface area contributed by atoms with Crippen LogP contribution >= 0.6 is 11.8 Å². The maximum absolute atomic E-state index is 11.7. The average molecular weight is 313 g/mol. The zero-order valence-corrected chi connectivity index (χ0v) is 13.1. The number of nitrogens with one attached hydrogen (secondary N) is 1. The second-order valence-corrected chi connectivity index (χ2v) is 8.36. The largest absolute Gasteiger partial charge is 0.352 e. The van der Waals surface area contributed by atoms with Crippen molar-refractivity contribution in [2.45, 2.75) is 25.1 Å². The molecule has 0 saturated carbocycles. The van der Waals surface area contributed by atoms with E-state index in [9.17, 15) is 13.2 Å². The van der Waals surface area contributed by atoms with Gasteiger partial charge in [0.2, 0.25) is 5.91 Å². The Labute approximate surface area is 124 Å². The van der Waals surface area contributed by atoms with Crippen LogP contribution in [-0.2, 0) is 20.4 Å². The SMILES string of the molecule is Cc1cccc(CSCC(=O)NC2CCS(=O)(=O)C2)c1. The Hall–Kier alpha value is -1.01. The first kappa shape index (κ1) is 15.4. The van der Waals surface area contributed by atoms with E-state index in [1.807, 2.05) is 25.1 Å². The predicted molar refractivity (Wildman–Crippen MR) is 82.5 cm³/mol. The fourth-order valence-corrected chi connectivity index (χ4v) is 4.70. The van der Waals surface area contributed by atoms with Crippen molar-refractivity contribution in [3.63, 3.8) is 0 Å². The summed E-state index contributed by atoms with van der Waals surface area (Å²) in [4.78, 5) is 11.7. The van der Waals surface area contributed by atoms with Gasteiger partial charge in [-0.05, 0) is 18.9 Å². The molecule has 110 valence electrons. The third-order valence-corrected chi connectivity index (χ3v) is 5.95. The van der Waals surface area contributed by atoms with Gasteiger partial charge in [0.1, 0.15) is 0 Å². The van der Waals surface area contributed by atoms with E-state index in [4.69, 9.17) is 0 Å². The maximum atomic E-state index is 11.7. The highest BCUT2D eigenvalue weighted by Gasteiger charge is 2.28. The van der Waals surface area contributed by atoms with E-state index >= 15 is 0 Å². The van der Waals surface area contributed by atoms with E-state index in [-0.39, 0.29) is 23.5 Å². The number of amides is 1. The molecule has 1 aromatic rings. The van der Waals surface area contributed by atoms with E-state index in [1.165, 1.54) is 11.1 Å². The standard InChI is InChI=1S/C14H19NO3S2/c1-11-3-2-4-12(7-11)8-19-9-14(16)15-13-5-6-20(17,18)10-13/h2-4,7,13H,5-6,8-10H2,1H3,(H,15,16). The Morgan fingerprint density at radius 2 is 2.25 bits per heavy atom. The molecule has 1 unspecified atom stereocenters. The van der Waals surface area contributed by atoms with Gasteiger partial charge >= 0.3 is 0 Å². The molecule has 2 rings (SSSR count). The summed E-state index contributed by atoms with van der Waals surface area (Å²) >= 11 is 1.54. The molecule has 0 radical (unpaired) electrons. The summed E-state index contributed by atoms with van der Waals surface area (Å²) in [7, 11) is -2.93. The number of aryl methyl sites for hydroxylation is 1. The number of benzene rings is 1. The number of hydrogen-bond donors (Lipinski definition) is 1. The third-order valence-electron chi connectivity index (χ3n) is 3.18. The van der Waals surface area contributed by atoms with Gasteiger partial charge < -0.3 is 5.32 Å². The van der Waals surface area contributed by atoms with Crippen LogP contribution in [0.2, 0.25) is 0 Å². The lowest BCUT2D eigenvalue weighted by Gasteiger charge is -2.10. The Morgan fingerprint density at radius 3 is 2.90 bits per heavy atom. The summed E-state index contributed by atoms with van der Waals surface area (Å²) in [5.74, 6) is 1.35. The first-order chi connectivity index (χ1) is 9.44. The fraction of sp³-hybridized carbons (Fsp3) is 0.500. The zero-order chi connectivity index (χ0) is 14.6. The van der Waals surface area contributed by atoms with E-state index in [0.717, 1.165) is 5.75 Å². The second kappa shape index (κ2) is 6.63.